The molecule has 1 aromatic rings. The Bertz CT molecular complexity index is 665. The summed E-state index contributed by atoms with van der Waals surface area (Å²) in [5.41, 5.74) is 3.76. The molecule has 0 heterocycles. The number of benzene rings is 1. The number of carbonyl (C=O) groups excluding carboxylic acids is 1. The first kappa shape index (κ1) is 21.9. The van der Waals surface area contributed by atoms with Crippen LogP contribution in [0.15, 0.2) is 18.2 Å². The van der Waals surface area contributed by atoms with Crippen molar-refractivity contribution in [2.75, 3.05) is 0 Å². The normalized spacial score (nSPS) is 27.7. The van der Waals surface area contributed by atoms with Crippen LogP contribution in [0.4, 0.5) is 0 Å². The molecule has 3 unspecified atom stereocenters. The molecule has 2 aliphatic carbocycles. The van der Waals surface area contributed by atoms with E-state index in [1.54, 1.807) is 0 Å². The third-order valence-corrected chi connectivity index (χ3v) is 6.75. The van der Waals surface area contributed by atoms with Gasteiger partial charge < -0.3 is 15.0 Å². The number of carboxylic acid groups (broad SMARTS) is 1. The summed E-state index contributed by atoms with van der Waals surface area (Å²) in [6.45, 7) is 9.10. The molecule has 0 bridgehead atoms. The van der Waals surface area contributed by atoms with E-state index in [2.05, 4.69) is 39.8 Å². The van der Waals surface area contributed by atoms with Gasteiger partial charge >= 0.3 is 29.6 Å². The number of aliphatic carboxylic acids is 1. The molecule has 0 aliphatic heterocycles. The van der Waals surface area contributed by atoms with Crippen LogP contribution in [0.1, 0.15) is 89.0 Å². The Balaban J connectivity index is 0.00000243. The van der Waals surface area contributed by atoms with Crippen LogP contribution in [0.5, 0.6) is 0 Å². The van der Waals surface area contributed by atoms with Gasteiger partial charge in [-0.1, -0.05) is 58.7 Å². The van der Waals surface area contributed by atoms with Crippen LogP contribution in [-0.2, 0) is 15.6 Å². The van der Waals surface area contributed by atoms with Crippen LogP contribution in [0.25, 0.3) is 0 Å². The SMILES string of the molecule is CC1(C)CCC(C)(C)c2cc(C(O)C3CCCCC3C(=O)[O-])ccc21.[Na+]. The number of hydrogen-bond acceptors (Lipinski definition) is 3. The van der Waals surface area contributed by atoms with Gasteiger partial charge in [0.05, 0.1) is 6.10 Å². The first-order valence-electron chi connectivity index (χ1n) is 9.67. The van der Waals surface area contributed by atoms with E-state index in [9.17, 15) is 15.0 Å². The Kier molecular flexibility index (Phi) is 6.71. The summed E-state index contributed by atoms with van der Waals surface area (Å²) >= 11 is 0. The van der Waals surface area contributed by atoms with E-state index in [-0.39, 0.29) is 46.3 Å². The van der Waals surface area contributed by atoms with Crippen molar-refractivity contribution < 1.29 is 44.6 Å². The van der Waals surface area contributed by atoms with E-state index < -0.39 is 18.0 Å². The molecule has 0 amide bonds. The fourth-order valence-corrected chi connectivity index (χ4v) is 4.87. The Morgan fingerprint density at radius 2 is 1.65 bits per heavy atom. The van der Waals surface area contributed by atoms with Crippen LogP contribution in [-0.4, -0.2) is 11.1 Å². The molecule has 4 heteroatoms. The van der Waals surface area contributed by atoms with Gasteiger partial charge in [0, 0.05) is 11.9 Å². The molecule has 138 valence electrons. The fourth-order valence-electron chi connectivity index (χ4n) is 4.87. The summed E-state index contributed by atoms with van der Waals surface area (Å²) < 4.78 is 0. The average molecular weight is 366 g/mol. The first-order chi connectivity index (χ1) is 11.6. The molecule has 26 heavy (non-hydrogen) atoms. The molecule has 2 aliphatic rings. The quantitative estimate of drug-likeness (QED) is 0.799. The van der Waals surface area contributed by atoms with Gasteiger partial charge in [0.15, 0.2) is 0 Å². The Morgan fingerprint density at radius 3 is 2.27 bits per heavy atom. The predicted octanol–water partition coefficient (Wildman–Crippen LogP) is 0.629. The number of hydrogen-bond donors (Lipinski definition) is 1. The van der Waals surface area contributed by atoms with Crippen molar-refractivity contribution in [3.63, 3.8) is 0 Å². The van der Waals surface area contributed by atoms with Crippen LogP contribution in [0, 0.1) is 11.8 Å². The molecule has 3 nitrogen and oxygen atoms in total. The molecule has 0 saturated heterocycles. The third kappa shape index (κ3) is 4.06. The van der Waals surface area contributed by atoms with E-state index in [1.165, 1.54) is 11.1 Å². The van der Waals surface area contributed by atoms with Crippen LogP contribution in [0.3, 0.4) is 0 Å². The number of carboxylic acids is 1. The second-order valence-corrected chi connectivity index (χ2v) is 9.39. The van der Waals surface area contributed by atoms with Gasteiger partial charge in [-0.15, -0.1) is 0 Å². The van der Waals surface area contributed by atoms with Crippen LogP contribution in [0.2, 0.25) is 0 Å². The Morgan fingerprint density at radius 1 is 1.08 bits per heavy atom. The standard InChI is InChI=1S/C22H32O3.Na/c1-21(2)11-12-22(3,4)18-13-14(9-10-17(18)21)19(23)15-7-5-6-8-16(15)20(24)25;/h9-10,13,15-16,19,23H,5-8,11-12H2,1-4H3,(H,24,25);/q;+1/p-1. The first-order valence-corrected chi connectivity index (χ1v) is 9.67. The Labute approximate surface area is 179 Å². The molecule has 1 N–H and O–H groups in total. The van der Waals surface area contributed by atoms with Gasteiger partial charge in [-0.2, -0.15) is 0 Å². The van der Waals surface area contributed by atoms with Gasteiger partial charge in [-0.25, -0.2) is 0 Å². The molecule has 3 rings (SSSR count). The maximum atomic E-state index is 11.5. The molecular formula is C22H31NaO3. The molecule has 0 aromatic heterocycles. The topological polar surface area (TPSA) is 60.4 Å². The smallest absolute Gasteiger partial charge is 0.550 e. The largest absolute Gasteiger partial charge is 1.00 e. The number of aliphatic hydroxyl groups is 1. The fraction of sp³-hybridized carbons (Fsp3) is 0.682. The number of fused-ring (bicyclic) bond motifs is 1. The van der Waals surface area contributed by atoms with Crippen molar-refractivity contribution in [2.24, 2.45) is 11.8 Å². The van der Waals surface area contributed by atoms with Crippen molar-refractivity contribution in [3.05, 3.63) is 34.9 Å². The van der Waals surface area contributed by atoms with E-state index in [4.69, 9.17) is 0 Å². The molecule has 0 spiro atoms. The Hall–Kier alpha value is -0.350. The summed E-state index contributed by atoms with van der Waals surface area (Å²) in [7, 11) is 0. The minimum atomic E-state index is -1.01. The van der Waals surface area contributed by atoms with Crippen LogP contribution >= 0.6 is 0 Å². The maximum Gasteiger partial charge on any atom is 1.00 e. The zero-order valence-electron chi connectivity index (χ0n) is 17.0. The van der Waals surface area contributed by atoms with Gasteiger partial charge in [-0.3, -0.25) is 0 Å². The molecule has 1 fully saturated rings. The van der Waals surface area contributed by atoms with Crippen molar-refractivity contribution >= 4 is 5.97 Å². The third-order valence-electron chi connectivity index (χ3n) is 6.75. The summed E-state index contributed by atoms with van der Waals surface area (Å²) in [6.07, 6.45) is 4.82. The molecule has 1 aromatic carbocycles. The maximum absolute atomic E-state index is 11.5. The second kappa shape index (κ2) is 7.95. The molecule has 3 atom stereocenters. The van der Waals surface area contributed by atoms with Gasteiger partial charge in [-0.05, 0) is 59.1 Å². The minimum absolute atomic E-state index is 0. The van der Waals surface area contributed by atoms with E-state index >= 15 is 0 Å². The summed E-state index contributed by atoms with van der Waals surface area (Å²) in [4.78, 5) is 11.5. The van der Waals surface area contributed by atoms with Gasteiger partial charge in [0.2, 0.25) is 0 Å². The van der Waals surface area contributed by atoms with Crippen molar-refractivity contribution in [1.82, 2.24) is 0 Å². The van der Waals surface area contributed by atoms with E-state index in [0.29, 0.717) is 6.42 Å². The summed E-state index contributed by atoms with van der Waals surface area (Å²) in [5.74, 6) is -1.79. The van der Waals surface area contributed by atoms with E-state index in [0.717, 1.165) is 37.7 Å². The minimum Gasteiger partial charge on any atom is -0.550 e. The van der Waals surface area contributed by atoms with E-state index in [1.807, 2.05) is 6.07 Å². The molecular weight excluding hydrogens is 335 g/mol. The number of aliphatic hydroxyl groups excluding tert-OH is 1. The van der Waals surface area contributed by atoms with Crippen molar-refractivity contribution in [3.8, 4) is 0 Å². The summed E-state index contributed by atoms with van der Waals surface area (Å²) in [5, 5.41) is 22.5. The zero-order chi connectivity index (χ0) is 18.4. The average Bonchev–Trinajstić information content (AvgIpc) is 2.58. The molecule has 1 saturated carbocycles. The predicted molar refractivity (Wildman–Crippen MR) is 97.1 cm³/mol. The molecule has 0 radical (unpaired) electrons. The van der Waals surface area contributed by atoms with Gasteiger partial charge in [0.25, 0.3) is 0 Å². The number of carbonyl (C=O) groups is 1. The second-order valence-electron chi connectivity index (χ2n) is 9.39. The van der Waals surface area contributed by atoms with Crippen molar-refractivity contribution in [1.29, 1.82) is 0 Å². The monoisotopic (exact) mass is 366 g/mol. The summed E-state index contributed by atoms with van der Waals surface area (Å²) in [6, 6.07) is 6.31. The van der Waals surface area contributed by atoms with Gasteiger partial charge in [0.1, 0.15) is 0 Å². The van der Waals surface area contributed by atoms with Crippen molar-refractivity contribution in [2.45, 2.75) is 83.2 Å². The zero-order valence-corrected chi connectivity index (χ0v) is 19.0. The number of rotatable bonds is 3. The van der Waals surface area contributed by atoms with Crippen LogP contribution < -0.4 is 34.7 Å².